The summed E-state index contributed by atoms with van der Waals surface area (Å²) in [6, 6.07) is 11.3. The molecule has 154 valence electrons. The van der Waals surface area contributed by atoms with Gasteiger partial charge in [0.05, 0.1) is 16.9 Å². The van der Waals surface area contributed by atoms with Gasteiger partial charge in [-0.3, -0.25) is 14.4 Å². The number of nitrogens with zero attached hydrogens (tertiary/aromatic N) is 1. The van der Waals surface area contributed by atoms with Crippen LogP contribution in [-0.4, -0.2) is 42.8 Å². The van der Waals surface area contributed by atoms with Crippen LogP contribution in [0.25, 0.3) is 0 Å². The van der Waals surface area contributed by atoms with Crippen molar-refractivity contribution in [3.63, 3.8) is 0 Å². The first-order chi connectivity index (χ1) is 14.4. The lowest BCUT2D eigenvalue weighted by Crippen LogP contribution is -2.43. The van der Waals surface area contributed by atoms with Crippen LogP contribution in [0.2, 0.25) is 0 Å². The number of esters is 1. The lowest BCUT2D eigenvalue weighted by atomic mass is 10.1. The van der Waals surface area contributed by atoms with Crippen LogP contribution in [0, 0.1) is 0 Å². The molecule has 8 nitrogen and oxygen atoms in total. The standard InChI is InChI=1S/C22H21N3O5/c1-13(26)14-4-7-16(8-5-14)23-20(27)12-30-22(29)15-6-9-18-17(11-15)24-21(28)19-3-2-10-25(18)19/h4-9,11,19H,2-3,10,12H2,1H3,(H,23,27)(H,24,28)/t19-/m1/s1. The Labute approximate surface area is 173 Å². The number of Topliss-reactive ketones (excluding diaryl/α,β-unsaturated/α-hetero) is 1. The number of ketones is 1. The number of fused-ring (bicyclic) bond motifs is 3. The summed E-state index contributed by atoms with van der Waals surface area (Å²) in [5, 5.41) is 5.45. The number of anilines is 3. The summed E-state index contributed by atoms with van der Waals surface area (Å²) in [7, 11) is 0. The lowest BCUT2D eigenvalue weighted by Gasteiger charge is -2.33. The topological polar surface area (TPSA) is 105 Å². The third kappa shape index (κ3) is 3.89. The number of rotatable bonds is 5. The summed E-state index contributed by atoms with van der Waals surface area (Å²) >= 11 is 0. The van der Waals surface area contributed by atoms with Gasteiger partial charge in [-0.1, -0.05) is 0 Å². The molecule has 0 saturated carbocycles. The average molecular weight is 407 g/mol. The van der Waals surface area contributed by atoms with Crippen LogP contribution < -0.4 is 15.5 Å². The van der Waals surface area contributed by atoms with Crippen molar-refractivity contribution in [3.8, 4) is 0 Å². The Kier molecular flexibility index (Phi) is 5.22. The van der Waals surface area contributed by atoms with E-state index in [0.717, 1.165) is 25.1 Å². The van der Waals surface area contributed by atoms with E-state index in [2.05, 4.69) is 10.6 Å². The Morgan fingerprint density at radius 1 is 1.13 bits per heavy atom. The largest absolute Gasteiger partial charge is 0.452 e. The van der Waals surface area contributed by atoms with Gasteiger partial charge in [0.2, 0.25) is 5.91 Å². The van der Waals surface area contributed by atoms with Crippen molar-refractivity contribution in [2.45, 2.75) is 25.8 Å². The number of hydrogen-bond acceptors (Lipinski definition) is 6. The summed E-state index contributed by atoms with van der Waals surface area (Å²) in [6.07, 6.45) is 1.77. The first kappa shape index (κ1) is 19.6. The Hall–Kier alpha value is -3.68. The summed E-state index contributed by atoms with van der Waals surface area (Å²) in [4.78, 5) is 50.0. The SMILES string of the molecule is CC(=O)c1ccc(NC(=O)COC(=O)c2ccc3c(c2)NC(=O)[C@H]2CCCN32)cc1. The maximum absolute atomic E-state index is 12.4. The molecular weight excluding hydrogens is 386 g/mol. The van der Waals surface area contributed by atoms with Gasteiger partial charge in [-0.25, -0.2) is 4.79 Å². The van der Waals surface area contributed by atoms with Crippen LogP contribution >= 0.6 is 0 Å². The van der Waals surface area contributed by atoms with E-state index in [1.807, 2.05) is 4.90 Å². The van der Waals surface area contributed by atoms with E-state index in [1.165, 1.54) is 6.92 Å². The normalized spacial score (nSPS) is 16.9. The highest BCUT2D eigenvalue weighted by molar-refractivity contribution is 6.05. The highest BCUT2D eigenvalue weighted by atomic mass is 16.5. The first-order valence-electron chi connectivity index (χ1n) is 9.72. The number of ether oxygens (including phenoxy) is 1. The van der Waals surface area contributed by atoms with Gasteiger partial charge in [0, 0.05) is 17.8 Å². The second-order valence-corrected chi connectivity index (χ2v) is 7.33. The molecule has 2 heterocycles. The molecule has 2 aliphatic heterocycles. The third-order valence-corrected chi connectivity index (χ3v) is 5.26. The molecule has 1 atom stereocenters. The van der Waals surface area contributed by atoms with E-state index in [1.54, 1.807) is 42.5 Å². The Morgan fingerprint density at radius 2 is 1.87 bits per heavy atom. The van der Waals surface area contributed by atoms with Gasteiger partial charge in [-0.05, 0) is 62.2 Å². The molecule has 0 radical (unpaired) electrons. The molecule has 1 fully saturated rings. The molecule has 2 amide bonds. The first-order valence-corrected chi connectivity index (χ1v) is 9.72. The minimum atomic E-state index is -0.655. The van der Waals surface area contributed by atoms with E-state index in [0.29, 0.717) is 16.9 Å². The molecule has 0 aliphatic carbocycles. The second-order valence-electron chi connectivity index (χ2n) is 7.33. The Balaban J connectivity index is 1.36. The fourth-order valence-electron chi connectivity index (χ4n) is 3.76. The Bertz CT molecular complexity index is 1030. The fraction of sp³-hybridized carbons (Fsp3) is 0.273. The number of benzene rings is 2. The van der Waals surface area contributed by atoms with Crippen molar-refractivity contribution in [1.29, 1.82) is 0 Å². The molecule has 2 aliphatic rings. The van der Waals surface area contributed by atoms with E-state index < -0.39 is 18.5 Å². The molecule has 2 aromatic rings. The Morgan fingerprint density at radius 3 is 2.60 bits per heavy atom. The van der Waals surface area contributed by atoms with Crippen LogP contribution in [0.3, 0.4) is 0 Å². The lowest BCUT2D eigenvalue weighted by molar-refractivity contribution is -0.119. The van der Waals surface area contributed by atoms with Crippen molar-refractivity contribution < 1.29 is 23.9 Å². The molecular formula is C22H21N3O5. The van der Waals surface area contributed by atoms with Crippen LogP contribution in [-0.2, 0) is 14.3 Å². The van der Waals surface area contributed by atoms with E-state index in [4.69, 9.17) is 4.74 Å². The smallest absolute Gasteiger partial charge is 0.338 e. The fourth-order valence-corrected chi connectivity index (χ4v) is 3.76. The van der Waals surface area contributed by atoms with Crippen LogP contribution in [0.1, 0.15) is 40.5 Å². The highest BCUT2D eigenvalue weighted by Gasteiger charge is 2.36. The van der Waals surface area contributed by atoms with E-state index >= 15 is 0 Å². The molecule has 4 rings (SSSR count). The number of nitrogens with one attached hydrogen (secondary N) is 2. The summed E-state index contributed by atoms with van der Waals surface area (Å²) in [5.74, 6) is -1.29. The van der Waals surface area contributed by atoms with Crippen molar-refractivity contribution in [2.75, 3.05) is 28.7 Å². The van der Waals surface area contributed by atoms with Gasteiger partial charge >= 0.3 is 5.97 Å². The van der Waals surface area contributed by atoms with E-state index in [-0.39, 0.29) is 23.3 Å². The van der Waals surface area contributed by atoms with Crippen molar-refractivity contribution in [1.82, 2.24) is 0 Å². The maximum atomic E-state index is 12.4. The molecule has 0 aromatic heterocycles. The maximum Gasteiger partial charge on any atom is 0.338 e. The van der Waals surface area contributed by atoms with Crippen LogP contribution in [0.15, 0.2) is 42.5 Å². The van der Waals surface area contributed by atoms with Crippen LogP contribution in [0.5, 0.6) is 0 Å². The molecule has 2 N–H and O–H groups in total. The van der Waals surface area contributed by atoms with Gasteiger partial charge < -0.3 is 20.3 Å². The third-order valence-electron chi connectivity index (χ3n) is 5.26. The summed E-state index contributed by atoms with van der Waals surface area (Å²) in [5.41, 5.74) is 2.75. The van der Waals surface area contributed by atoms with Gasteiger partial charge in [-0.2, -0.15) is 0 Å². The summed E-state index contributed by atoms with van der Waals surface area (Å²) < 4.78 is 5.10. The van der Waals surface area contributed by atoms with Gasteiger partial charge in [0.25, 0.3) is 5.91 Å². The molecule has 2 aromatic carbocycles. The van der Waals surface area contributed by atoms with E-state index in [9.17, 15) is 19.2 Å². The van der Waals surface area contributed by atoms with Crippen molar-refractivity contribution in [2.24, 2.45) is 0 Å². The zero-order chi connectivity index (χ0) is 21.3. The zero-order valence-corrected chi connectivity index (χ0v) is 16.4. The molecule has 30 heavy (non-hydrogen) atoms. The summed E-state index contributed by atoms with van der Waals surface area (Å²) in [6.45, 7) is 1.82. The van der Waals surface area contributed by atoms with Gasteiger partial charge in [-0.15, -0.1) is 0 Å². The van der Waals surface area contributed by atoms with Crippen molar-refractivity contribution >= 4 is 40.6 Å². The van der Waals surface area contributed by atoms with Gasteiger partial charge in [0.1, 0.15) is 6.04 Å². The average Bonchev–Trinajstić information content (AvgIpc) is 3.23. The quantitative estimate of drug-likeness (QED) is 0.583. The molecule has 1 saturated heterocycles. The highest BCUT2D eigenvalue weighted by Crippen LogP contribution is 2.37. The predicted molar refractivity (Wildman–Crippen MR) is 111 cm³/mol. The zero-order valence-electron chi connectivity index (χ0n) is 16.4. The second kappa shape index (κ2) is 7.98. The minimum absolute atomic E-state index is 0.0664. The number of carbonyl (C=O) groups excluding carboxylic acids is 4. The monoisotopic (exact) mass is 407 g/mol. The predicted octanol–water partition coefficient (Wildman–Crippen LogP) is 2.61. The number of carbonyl (C=O) groups is 4. The number of amides is 2. The van der Waals surface area contributed by atoms with Crippen molar-refractivity contribution in [3.05, 3.63) is 53.6 Å². The number of hydrogen-bond donors (Lipinski definition) is 2. The van der Waals surface area contributed by atoms with Gasteiger partial charge in [0.15, 0.2) is 12.4 Å². The molecule has 0 unspecified atom stereocenters. The molecule has 0 spiro atoms. The molecule has 8 heteroatoms. The molecule has 0 bridgehead atoms. The minimum Gasteiger partial charge on any atom is -0.452 e. The van der Waals surface area contributed by atoms with Crippen LogP contribution in [0.4, 0.5) is 17.1 Å².